The molecule has 0 fully saturated rings. The monoisotopic (exact) mass is 170 g/mol. The lowest BCUT2D eigenvalue weighted by Crippen LogP contribution is -2.30. The van der Waals surface area contributed by atoms with Crippen molar-refractivity contribution in [3.8, 4) is 0 Å². The summed E-state index contributed by atoms with van der Waals surface area (Å²) in [4.78, 5) is 16.5. The summed E-state index contributed by atoms with van der Waals surface area (Å²) in [6.45, 7) is 0.00319. The first-order valence-electron chi connectivity index (χ1n) is 2.63. The molecule has 62 valence electrons. The van der Waals surface area contributed by atoms with E-state index in [9.17, 15) is 4.57 Å². The molecule has 6 N–H and O–H groups in total. The minimum absolute atomic E-state index is 0.00160. The summed E-state index contributed by atoms with van der Waals surface area (Å²) in [5, 5.41) is 0. The van der Waals surface area contributed by atoms with Crippen LogP contribution in [0.25, 0.3) is 0 Å². The third-order valence-electron chi connectivity index (χ3n) is 0.812. The zero-order valence-electron chi connectivity index (χ0n) is 5.30. The first kappa shape index (κ1) is 10.0. The van der Waals surface area contributed by atoms with E-state index in [0.29, 0.717) is 0 Å². The zero-order chi connectivity index (χ0) is 8.20. The van der Waals surface area contributed by atoms with Gasteiger partial charge in [0.05, 0.1) is 6.10 Å². The van der Waals surface area contributed by atoms with Gasteiger partial charge in [-0.3, -0.25) is 4.52 Å². The van der Waals surface area contributed by atoms with Crippen molar-refractivity contribution in [2.24, 2.45) is 11.5 Å². The molecular weight excluding hydrogens is 159 g/mol. The van der Waals surface area contributed by atoms with Crippen LogP contribution < -0.4 is 11.5 Å². The molecule has 0 aliphatic carbocycles. The molecule has 0 unspecified atom stereocenters. The van der Waals surface area contributed by atoms with Crippen LogP contribution in [0.5, 0.6) is 0 Å². The summed E-state index contributed by atoms with van der Waals surface area (Å²) >= 11 is 0. The minimum Gasteiger partial charge on any atom is -0.328 e. The Balaban J connectivity index is 3.75. The van der Waals surface area contributed by atoms with E-state index in [1.165, 1.54) is 0 Å². The van der Waals surface area contributed by atoms with E-state index in [1.807, 2.05) is 0 Å². The Labute approximate surface area is 58.4 Å². The fraction of sp³-hybridized carbons (Fsp3) is 1.00. The molecular formula is C3H11N2O4P. The van der Waals surface area contributed by atoms with Crippen LogP contribution in [-0.2, 0) is 9.09 Å². The average Bonchev–Trinajstić information content (AvgIpc) is 1.81. The van der Waals surface area contributed by atoms with E-state index >= 15 is 0 Å². The van der Waals surface area contributed by atoms with Gasteiger partial charge in [0, 0.05) is 13.1 Å². The SMILES string of the molecule is NCC(CN)OP(=O)(O)O. The molecule has 0 aromatic heterocycles. The lowest BCUT2D eigenvalue weighted by molar-refractivity contribution is 0.143. The van der Waals surface area contributed by atoms with Gasteiger partial charge >= 0.3 is 7.82 Å². The van der Waals surface area contributed by atoms with E-state index in [0.717, 1.165) is 0 Å². The van der Waals surface area contributed by atoms with Crippen LogP contribution in [0.1, 0.15) is 0 Å². The van der Waals surface area contributed by atoms with Gasteiger partial charge in [-0.25, -0.2) is 4.57 Å². The molecule has 0 aliphatic rings. The third kappa shape index (κ3) is 4.87. The molecule has 0 aromatic carbocycles. The summed E-state index contributed by atoms with van der Waals surface area (Å²) in [5.41, 5.74) is 10.1. The van der Waals surface area contributed by atoms with E-state index in [4.69, 9.17) is 21.3 Å². The second kappa shape index (κ2) is 4.02. The summed E-state index contributed by atoms with van der Waals surface area (Å²) in [5.74, 6) is 0. The normalized spacial score (nSPS) is 12.5. The topological polar surface area (TPSA) is 119 Å². The molecule has 7 heteroatoms. The third-order valence-corrected chi connectivity index (χ3v) is 1.38. The van der Waals surface area contributed by atoms with Crippen molar-refractivity contribution in [3.05, 3.63) is 0 Å². The first-order valence-corrected chi connectivity index (χ1v) is 4.16. The minimum atomic E-state index is -4.41. The Hall–Kier alpha value is 0.0300. The van der Waals surface area contributed by atoms with E-state index in [-0.39, 0.29) is 13.1 Å². The predicted molar refractivity (Wildman–Crippen MR) is 35.0 cm³/mol. The van der Waals surface area contributed by atoms with Crippen molar-refractivity contribution < 1.29 is 18.9 Å². The zero-order valence-corrected chi connectivity index (χ0v) is 6.20. The lowest BCUT2D eigenvalue weighted by Gasteiger charge is -2.13. The fourth-order valence-electron chi connectivity index (χ4n) is 0.376. The van der Waals surface area contributed by atoms with Crippen molar-refractivity contribution in [1.29, 1.82) is 0 Å². The smallest absolute Gasteiger partial charge is 0.328 e. The highest BCUT2D eigenvalue weighted by Crippen LogP contribution is 2.36. The molecule has 0 saturated heterocycles. The molecule has 0 radical (unpaired) electrons. The van der Waals surface area contributed by atoms with Gasteiger partial charge in [-0.2, -0.15) is 0 Å². The van der Waals surface area contributed by atoms with Crippen molar-refractivity contribution in [2.75, 3.05) is 13.1 Å². The number of hydrogen-bond donors (Lipinski definition) is 4. The van der Waals surface area contributed by atoms with Crippen molar-refractivity contribution in [2.45, 2.75) is 6.10 Å². The van der Waals surface area contributed by atoms with Crippen LogP contribution in [0.15, 0.2) is 0 Å². The number of rotatable bonds is 4. The maximum Gasteiger partial charge on any atom is 0.469 e. The molecule has 0 bridgehead atoms. The number of nitrogens with two attached hydrogens (primary N) is 2. The number of phosphoric acid groups is 1. The van der Waals surface area contributed by atoms with Crippen LogP contribution in [0.2, 0.25) is 0 Å². The lowest BCUT2D eigenvalue weighted by atomic mass is 10.4. The van der Waals surface area contributed by atoms with Gasteiger partial charge in [0.2, 0.25) is 0 Å². The highest BCUT2D eigenvalue weighted by atomic mass is 31.2. The van der Waals surface area contributed by atoms with Gasteiger partial charge in [0.15, 0.2) is 0 Å². The Kier molecular flexibility index (Phi) is 4.04. The second-order valence-corrected chi connectivity index (χ2v) is 2.88. The van der Waals surface area contributed by atoms with Crippen LogP contribution in [0.4, 0.5) is 0 Å². The van der Waals surface area contributed by atoms with E-state index in [2.05, 4.69) is 4.52 Å². The van der Waals surface area contributed by atoms with Crippen molar-refractivity contribution >= 4 is 7.82 Å². The largest absolute Gasteiger partial charge is 0.469 e. The molecule has 0 spiro atoms. The van der Waals surface area contributed by atoms with Crippen LogP contribution in [0.3, 0.4) is 0 Å². The molecule has 0 heterocycles. The number of hydrogen-bond acceptors (Lipinski definition) is 4. The molecule has 0 atom stereocenters. The van der Waals surface area contributed by atoms with Gasteiger partial charge in [-0.05, 0) is 0 Å². The summed E-state index contributed by atoms with van der Waals surface area (Å²) < 4.78 is 14.3. The standard InChI is InChI=1S/C3H11N2O4P/c4-1-3(2-5)9-10(6,7)8/h3H,1-2,4-5H2,(H2,6,7,8). The maximum atomic E-state index is 10.1. The molecule has 0 rings (SSSR count). The van der Waals surface area contributed by atoms with Crippen LogP contribution >= 0.6 is 7.82 Å². The van der Waals surface area contributed by atoms with Gasteiger partial charge in [0.1, 0.15) is 0 Å². The predicted octanol–water partition coefficient (Wildman–Crippen LogP) is -1.62. The van der Waals surface area contributed by atoms with Gasteiger partial charge in [-0.1, -0.05) is 0 Å². The van der Waals surface area contributed by atoms with Gasteiger partial charge in [-0.15, -0.1) is 0 Å². The van der Waals surface area contributed by atoms with Crippen LogP contribution in [-0.4, -0.2) is 29.0 Å². The summed E-state index contributed by atoms with van der Waals surface area (Å²) in [7, 11) is -4.41. The van der Waals surface area contributed by atoms with E-state index in [1.54, 1.807) is 0 Å². The average molecular weight is 170 g/mol. The molecule has 0 aromatic rings. The van der Waals surface area contributed by atoms with Gasteiger partial charge in [0.25, 0.3) is 0 Å². The molecule has 10 heavy (non-hydrogen) atoms. The molecule has 6 nitrogen and oxygen atoms in total. The Morgan fingerprint density at radius 2 is 1.80 bits per heavy atom. The fourth-order valence-corrected chi connectivity index (χ4v) is 0.937. The Bertz CT molecular complexity index is 130. The quantitative estimate of drug-likeness (QED) is 0.376. The van der Waals surface area contributed by atoms with Gasteiger partial charge < -0.3 is 21.3 Å². The maximum absolute atomic E-state index is 10.1. The molecule has 0 amide bonds. The van der Waals surface area contributed by atoms with E-state index < -0.39 is 13.9 Å². The summed E-state index contributed by atoms with van der Waals surface area (Å²) in [6.07, 6.45) is -0.763. The molecule has 0 saturated carbocycles. The van der Waals surface area contributed by atoms with Crippen LogP contribution in [0, 0.1) is 0 Å². The van der Waals surface area contributed by atoms with Crippen molar-refractivity contribution in [1.82, 2.24) is 0 Å². The Morgan fingerprint density at radius 3 is 1.90 bits per heavy atom. The second-order valence-electron chi connectivity index (χ2n) is 1.69. The number of phosphoric ester groups is 1. The van der Waals surface area contributed by atoms with Crippen molar-refractivity contribution in [3.63, 3.8) is 0 Å². The first-order chi connectivity index (χ1) is 4.49. The molecule has 0 aliphatic heterocycles. The highest BCUT2D eigenvalue weighted by molar-refractivity contribution is 7.46. The summed E-state index contributed by atoms with van der Waals surface area (Å²) in [6, 6.07) is 0. The highest BCUT2D eigenvalue weighted by Gasteiger charge is 2.19. The Morgan fingerprint density at radius 1 is 1.40 bits per heavy atom.